The molecule has 0 saturated carbocycles. The molecule has 0 saturated heterocycles. The van der Waals surface area contributed by atoms with E-state index in [0.717, 1.165) is 40.7 Å². The Hall–Kier alpha value is -3.25. The van der Waals surface area contributed by atoms with Crippen molar-refractivity contribution in [3.05, 3.63) is 70.9 Å². The molecule has 0 bridgehead atoms. The molecule has 6 nitrogen and oxygen atoms in total. The summed E-state index contributed by atoms with van der Waals surface area (Å²) in [6.45, 7) is 5.02. The van der Waals surface area contributed by atoms with Crippen molar-refractivity contribution < 1.29 is 14.3 Å². The molecule has 0 unspecified atom stereocenters. The molecule has 6 heteroatoms. The third kappa shape index (κ3) is 3.91. The van der Waals surface area contributed by atoms with Gasteiger partial charge in [0.2, 0.25) is 0 Å². The van der Waals surface area contributed by atoms with Gasteiger partial charge in [0.25, 0.3) is 5.91 Å². The average molecular weight is 403 g/mol. The lowest BCUT2D eigenvalue weighted by Gasteiger charge is -2.27. The fraction of sp³-hybridized carbons (Fsp3) is 0.292. The van der Waals surface area contributed by atoms with Gasteiger partial charge in [-0.2, -0.15) is 0 Å². The molecule has 2 heterocycles. The van der Waals surface area contributed by atoms with Gasteiger partial charge < -0.3 is 15.0 Å². The van der Waals surface area contributed by atoms with Crippen LogP contribution >= 0.6 is 0 Å². The zero-order valence-electron chi connectivity index (χ0n) is 17.4. The number of anilines is 1. The van der Waals surface area contributed by atoms with Gasteiger partial charge in [0.1, 0.15) is 0 Å². The number of rotatable bonds is 4. The van der Waals surface area contributed by atoms with Crippen LogP contribution in [0.15, 0.2) is 48.5 Å². The van der Waals surface area contributed by atoms with Crippen molar-refractivity contribution in [3.8, 4) is 0 Å². The van der Waals surface area contributed by atoms with Gasteiger partial charge in [0.15, 0.2) is 6.10 Å². The zero-order valence-corrected chi connectivity index (χ0v) is 17.4. The van der Waals surface area contributed by atoms with Crippen LogP contribution in [0, 0.1) is 6.92 Å². The number of pyridine rings is 1. The number of carbonyl (C=O) groups is 2. The monoisotopic (exact) mass is 403 g/mol. The standard InChI is InChI=1S/C24H25N3O3/c1-15-8-4-6-10-19(15)26-23(28)16(2)30-24(29)22-17-9-5-7-11-20(17)25-21-12-13-27(3)14-18(21)22/h4-11,16H,12-14H2,1-3H3,(H,26,28)/t16-/m1/s1. The average Bonchev–Trinajstić information content (AvgIpc) is 2.73. The van der Waals surface area contributed by atoms with E-state index < -0.39 is 12.1 Å². The Labute approximate surface area is 175 Å². The number of para-hydroxylation sites is 2. The minimum Gasteiger partial charge on any atom is -0.449 e. The van der Waals surface area contributed by atoms with E-state index in [2.05, 4.69) is 10.2 Å². The molecule has 1 atom stereocenters. The van der Waals surface area contributed by atoms with Crippen molar-refractivity contribution >= 4 is 28.5 Å². The number of aryl methyl sites for hydroxylation is 1. The van der Waals surface area contributed by atoms with Gasteiger partial charge in [-0.15, -0.1) is 0 Å². The molecule has 1 amide bonds. The quantitative estimate of drug-likeness (QED) is 0.673. The molecule has 154 valence electrons. The van der Waals surface area contributed by atoms with Crippen LogP contribution in [-0.2, 0) is 22.5 Å². The van der Waals surface area contributed by atoms with Gasteiger partial charge in [0.05, 0.1) is 11.1 Å². The maximum Gasteiger partial charge on any atom is 0.339 e. The summed E-state index contributed by atoms with van der Waals surface area (Å²) >= 11 is 0. The highest BCUT2D eigenvalue weighted by atomic mass is 16.5. The molecule has 0 fully saturated rings. The van der Waals surface area contributed by atoms with E-state index in [1.807, 2.05) is 62.5 Å². The van der Waals surface area contributed by atoms with Crippen LogP contribution in [0.3, 0.4) is 0 Å². The van der Waals surface area contributed by atoms with Gasteiger partial charge in [-0.05, 0) is 38.6 Å². The highest BCUT2D eigenvalue weighted by molar-refractivity contribution is 6.06. The molecule has 1 aliphatic rings. The summed E-state index contributed by atoms with van der Waals surface area (Å²) in [4.78, 5) is 32.8. The lowest BCUT2D eigenvalue weighted by molar-refractivity contribution is -0.123. The third-order valence-electron chi connectivity index (χ3n) is 5.50. The highest BCUT2D eigenvalue weighted by Gasteiger charge is 2.27. The summed E-state index contributed by atoms with van der Waals surface area (Å²) < 4.78 is 5.62. The zero-order chi connectivity index (χ0) is 21.3. The van der Waals surface area contributed by atoms with Crippen LogP contribution in [0.5, 0.6) is 0 Å². The Morgan fingerprint density at radius 1 is 1.13 bits per heavy atom. The molecule has 2 aromatic carbocycles. The van der Waals surface area contributed by atoms with Crippen molar-refractivity contribution in [1.29, 1.82) is 0 Å². The topological polar surface area (TPSA) is 71.5 Å². The Balaban J connectivity index is 1.62. The van der Waals surface area contributed by atoms with Gasteiger partial charge in [-0.3, -0.25) is 9.78 Å². The second-order valence-corrected chi connectivity index (χ2v) is 7.77. The largest absolute Gasteiger partial charge is 0.449 e. The van der Waals surface area contributed by atoms with E-state index in [1.165, 1.54) is 0 Å². The molecule has 30 heavy (non-hydrogen) atoms. The van der Waals surface area contributed by atoms with E-state index in [1.54, 1.807) is 6.92 Å². The minimum absolute atomic E-state index is 0.359. The van der Waals surface area contributed by atoms with Crippen molar-refractivity contribution in [2.75, 3.05) is 18.9 Å². The van der Waals surface area contributed by atoms with Crippen LogP contribution in [0.25, 0.3) is 10.9 Å². The van der Waals surface area contributed by atoms with Gasteiger partial charge >= 0.3 is 5.97 Å². The predicted molar refractivity (Wildman–Crippen MR) is 116 cm³/mol. The maximum absolute atomic E-state index is 13.2. The number of amides is 1. The number of esters is 1. The first-order valence-electron chi connectivity index (χ1n) is 10.1. The van der Waals surface area contributed by atoms with Gasteiger partial charge in [-0.1, -0.05) is 36.4 Å². The molecule has 1 aliphatic heterocycles. The third-order valence-corrected chi connectivity index (χ3v) is 5.50. The molecule has 1 N–H and O–H groups in total. The van der Waals surface area contributed by atoms with Crippen LogP contribution in [0.1, 0.15) is 34.1 Å². The van der Waals surface area contributed by atoms with Crippen LogP contribution in [-0.4, -0.2) is 41.5 Å². The number of nitrogens with zero attached hydrogens (tertiary/aromatic N) is 2. The summed E-state index contributed by atoms with van der Waals surface area (Å²) in [7, 11) is 2.02. The Bertz CT molecular complexity index is 1130. The normalized spacial score (nSPS) is 14.8. The smallest absolute Gasteiger partial charge is 0.339 e. The Morgan fingerprint density at radius 2 is 1.87 bits per heavy atom. The SMILES string of the molecule is Cc1ccccc1NC(=O)[C@@H](C)OC(=O)c1c2c(nc3ccccc13)CCN(C)C2. The van der Waals surface area contributed by atoms with E-state index >= 15 is 0 Å². The van der Waals surface area contributed by atoms with E-state index in [9.17, 15) is 9.59 Å². The number of likely N-dealkylation sites (N-methyl/N-ethyl adjacent to an activating group) is 1. The Kier molecular flexibility index (Phi) is 5.50. The fourth-order valence-corrected chi connectivity index (χ4v) is 3.78. The maximum atomic E-state index is 13.2. The van der Waals surface area contributed by atoms with Crippen molar-refractivity contribution in [2.24, 2.45) is 0 Å². The summed E-state index contributed by atoms with van der Waals surface area (Å²) in [5, 5.41) is 3.59. The summed E-state index contributed by atoms with van der Waals surface area (Å²) in [6.07, 6.45) is -0.152. The number of benzene rings is 2. The van der Waals surface area contributed by atoms with Crippen molar-refractivity contribution in [1.82, 2.24) is 9.88 Å². The number of hydrogen-bond donors (Lipinski definition) is 1. The predicted octanol–water partition coefficient (Wildman–Crippen LogP) is 3.72. The number of hydrogen-bond acceptors (Lipinski definition) is 5. The second kappa shape index (κ2) is 8.24. The first kappa shape index (κ1) is 20.0. The molecular weight excluding hydrogens is 378 g/mol. The molecular formula is C24H25N3O3. The molecule has 0 radical (unpaired) electrons. The second-order valence-electron chi connectivity index (χ2n) is 7.77. The van der Waals surface area contributed by atoms with Crippen LogP contribution < -0.4 is 5.32 Å². The molecule has 4 rings (SSSR count). The number of nitrogens with one attached hydrogen (secondary N) is 1. The van der Waals surface area contributed by atoms with E-state index in [4.69, 9.17) is 9.72 Å². The summed E-state index contributed by atoms with van der Waals surface area (Å²) in [6, 6.07) is 15.1. The lowest BCUT2D eigenvalue weighted by Crippen LogP contribution is -2.32. The highest BCUT2D eigenvalue weighted by Crippen LogP contribution is 2.28. The number of carbonyl (C=O) groups excluding carboxylic acids is 2. The van der Waals surface area contributed by atoms with Crippen molar-refractivity contribution in [2.45, 2.75) is 32.9 Å². The lowest BCUT2D eigenvalue weighted by atomic mass is 9.96. The summed E-state index contributed by atoms with van der Waals surface area (Å²) in [5.41, 5.74) is 4.75. The molecule has 0 aliphatic carbocycles. The summed E-state index contributed by atoms with van der Waals surface area (Å²) in [5.74, 6) is -0.852. The van der Waals surface area contributed by atoms with Gasteiger partial charge in [-0.25, -0.2) is 4.79 Å². The molecule has 1 aromatic heterocycles. The first-order chi connectivity index (χ1) is 14.4. The van der Waals surface area contributed by atoms with Gasteiger partial charge in [0, 0.05) is 41.8 Å². The number of aromatic nitrogens is 1. The van der Waals surface area contributed by atoms with Crippen LogP contribution in [0.4, 0.5) is 5.69 Å². The Morgan fingerprint density at radius 3 is 2.67 bits per heavy atom. The van der Waals surface area contributed by atoms with E-state index in [0.29, 0.717) is 17.8 Å². The molecule has 3 aromatic rings. The van der Waals surface area contributed by atoms with Crippen LogP contribution in [0.2, 0.25) is 0 Å². The fourth-order valence-electron chi connectivity index (χ4n) is 3.78. The first-order valence-corrected chi connectivity index (χ1v) is 10.1. The number of ether oxygens (including phenoxy) is 1. The van der Waals surface area contributed by atoms with E-state index in [-0.39, 0.29) is 5.91 Å². The number of fused-ring (bicyclic) bond motifs is 2. The minimum atomic E-state index is -0.930. The molecule has 0 spiro atoms. The van der Waals surface area contributed by atoms with Crippen molar-refractivity contribution in [3.63, 3.8) is 0 Å².